The molecule has 1 aromatic carbocycles. The molecule has 0 saturated heterocycles. The molecular weight excluding hydrogens is 223 g/mol. The van der Waals surface area contributed by atoms with Crippen molar-refractivity contribution in [2.24, 2.45) is 5.14 Å². The first kappa shape index (κ1) is 10.1. The third-order valence-electron chi connectivity index (χ3n) is 1.84. The largest absolute Gasteiger partial charge is 0.356 e. The van der Waals surface area contributed by atoms with Gasteiger partial charge in [0.2, 0.25) is 10.0 Å². The van der Waals surface area contributed by atoms with Gasteiger partial charge in [-0.05, 0) is 18.2 Å². The molecule has 0 fully saturated rings. The Bertz CT molecular complexity index is 605. The van der Waals surface area contributed by atoms with Crippen LogP contribution in [0.3, 0.4) is 0 Å². The van der Waals surface area contributed by atoms with Crippen LogP contribution in [0.2, 0.25) is 0 Å². The molecule has 0 bridgehead atoms. The summed E-state index contributed by atoms with van der Waals surface area (Å²) in [6.45, 7) is 0. The summed E-state index contributed by atoms with van der Waals surface area (Å²) in [5.41, 5.74) is 0.446. The molecule has 0 radical (unpaired) electrons. The monoisotopic (exact) mass is 230 g/mol. The number of hydrogen-bond acceptors (Lipinski definition) is 4. The quantitative estimate of drug-likeness (QED) is 0.824. The van der Waals surface area contributed by atoms with Gasteiger partial charge < -0.3 is 4.52 Å². The minimum atomic E-state index is -3.70. The Morgan fingerprint density at radius 1 is 1.47 bits per heavy atom. The average Bonchev–Trinajstić information content (AvgIpc) is 2.46. The second-order valence-corrected chi connectivity index (χ2v) is 4.69. The number of halogens is 1. The fourth-order valence-corrected chi connectivity index (χ4v) is 1.84. The number of primary sulfonamides is 1. The van der Waals surface area contributed by atoms with E-state index in [-0.39, 0.29) is 5.69 Å². The molecule has 1 heterocycles. The first-order valence-corrected chi connectivity index (χ1v) is 5.71. The molecule has 0 amide bonds. The maximum atomic E-state index is 12.9. The molecule has 2 N–H and O–H groups in total. The van der Waals surface area contributed by atoms with Gasteiger partial charge in [0.05, 0.1) is 0 Å². The van der Waals surface area contributed by atoms with Gasteiger partial charge in [-0.2, -0.15) is 0 Å². The fourth-order valence-electron chi connectivity index (χ4n) is 1.26. The molecule has 0 aliphatic heterocycles. The molecule has 15 heavy (non-hydrogen) atoms. The van der Waals surface area contributed by atoms with Crippen molar-refractivity contribution in [2.45, 2.75) is 5.75 Å². The van der Waals surface area contributed by atoms with Crippen LogP contribution in [0.1, 0.15) is 5.69 Å². The summed E-state index contributed by atoms with van der Waals surface area (Å²) in [6.07, 6.45) is 0. The number of benzene rings is 1. The highest BCUT2D eigenvalue weighted by Crippen LogP contribution is 2.20. The van der Waals surface area contributed by atoms with Gasteiger partial charge >= 0.3 is 0 Å². The highest BCUT2D eigenvalue weighted by molar-refractivity contribution is 7.88. The smallest absolute Gasteiger partial charge is 0.214 e. The van der Waals surface area contributed by atoms with Crippen molar-refractivity contribution in [3.8, 4) is 0 Å². The lowest BCUT2D eigenvalue weighted by Gasteiger charge is -1.93. The van der Waals surface area contributed by atoms with Gasteiger partial charge in [-0.15, -0.1) is 0 Å². The molecule has 0 saturated carbocycles. The number of sulfonamides is 1. The molecule has 2 aromatic rings. The third-order valence-corrected chi connectivity index (χ3v) is 2.52. The van der Waals surface area contributed by atoms with Crippen LogP contribution in [0, 0.1) is 5.82 Å². The number of hydrogen-bond donors (Lipinski definition) is 1. The molecule has 1 aromatic heterocycles. The van der Waals surface area contributed by atoms with E-state index < -0.39 is 21.6 Å². The van der Waals surface area contributed by atoms with Crippen molar-refractivity contribution in [1.82, 2.24) is 5.16 Å². The molecule has 80 valence electrons. The van der Waals surface area contributed by atoms with E-state index in [4.69, 9.17) is 9.66 Å². The van der Waals surface area contributed by atoms with Gasteiger partial charge in [0.25, 0.3) is 0 Å². The summed E-state index contributed by atoms with van der Waals surface area (Å²) in [6, 6.07) is 3.74. The van der Waals surface area contributed by atoms with Crippen LogP contribution in [-0.4, -0.2) is 13.6 Å². The van der Waals surface area contributed by atoms with Crippen molar-refractivity contribution in [3.05, 3.63) is 29.7 Å². The minimum absolute atomic E-state index is 0.118. The van der Waals surface area contributed by atoms with Crippen molar-refractivity contribution >= 4 is 21.0 Å². The van der Waals surface area contributed by atoms with Crippen LogP contribution >= 0.6 is 0 Å². The van der Waals surface area contributed by atoms with Gasteiger partial charge in [-0.3, -0.25) is 0 Å². The van der Waals surface area contributed by atoms with Crippen LogP contribution < -0.4 is 5.14 Å². The van der Waals surface area contributed by atoms with Gasteiger partial charge in [-0.25, -0.2) is 17.9 Å². The Morgan fingerprint density at radius 3 is 2.87 bits per heavy atom. The second-order valence-electron chi connectivity index (χ2n) is 3.08. The summed E-state index contributed by atoms with van der Waals surface area (Å²) < 4.78 is 39.3. The standard InChI is InChI=1S/C8H7FN2O3S/c9-5-1-2-8-6(3-5)7(11-14-8)4-15(10,12)13/h1-3H,4H2,(H2,10,12,13). The van der Waals surface area contributed by atoms with Crippen LogP contribution in [-0.2, 0) is 15.8 Å². The van der Waals surface area contributed by atoms with E-state index in [1.807, 2.05) is 0 Å². The zero-order valence-electron chi connectivity index (χ0n) is 7.47. The molecule has 0 unspecified atom stereocenters. The second kappa shape index (κ2) is 3.28. The average molecular weight is 230 g/mol. The number of nitrogens with zero attached hydrogens (tertiary/aromatic N) is 1. The predicted molar refractivity (Wildman–Crippen MR) is 50.8 cm³/mol. The molecule has 2 rings (SSSR count). The molecule has 0 atom stereocenters. The lowest BCUT2D eigenvalue weighted by Crippen LogP contribution is -2.14. The topological polar surface area (TPSA) is 86.2 Å². The van der Waals surface area contributed by atoms with Crippen LogP contribution in [0.5, 0.6) is 0 Å². The van der Waals surface area contributed by atoms with E-state index in [1.54, 1.807) is 0 Å². The maximum Gasteiger partial charge on any atom is 0.214 e. The van der Waals surface area contributed by atoms with E-state index >= 15 is 0 Å². The third kappa shape index (κ3) is 2.13. The lowest BCUT2D eigenvalue weighted by molar-refractivity contribution is 0.448. The fraction of sp³-hybridized carbons (Fsp3) is 0.125. The van der Waals surface area contributed by atoms with Crippen molar-refractivity contribution in [1.29, 1.82) is 0 Å². The van der Waals surface area contributed by atoms with Gasteiger partial charge in [0, 0.05) is 5.39 Å². The number of rotatable bonds is 2. The maximum absolute atomic E-state index is 12.9. The first-order valence-electron chi connectivity index (χ1n) is 4.00. The van der Waals surface area contributed by atoms with Gasteiger partial charge in [0.15, 0.2) is 5.58 Å². The molecule has 0 spiro atoms. The highest BCUT2D eigenvalue weighted by atomic mass is 32.2. The van der Waals surface area contributed by atoms with Gasteiger partial charge in [-0.1, -0.05) is 5.16 Å². The zero-order valence-corrected chi connectivity index (χ0v) is 8.29. The Morgan fingerprint density at radius 2 is 2.20 bits per heavy atom. The zero-order chi connectivity index (χ0) is 11.1. The lowest BCUT2D eigenvalue weighted by atomic mass is 10.2. The van der Waals surface area contributed by atoms with Gasteiger partial charge in [0.1, 0.15) is 17.3 Å². The molecule has 0 aliphatic rings. The highest BCUT2D eigenvalue weighted by Gasteiger charge is 2.14. The molecular formula is C8H7FN2O3S. The summed E-state index contributed by atoms with van der Waals surface area (Å²) in [5.74, 6) is -0.954. The predicted octanol–water partition coefficient (Wildman–Crippen LogP) is 0.755. The SMILES string of the molecule is NS(=O)(=O)Cc1noc2ccc(F)cc12. The van der Waals surface area contributed by atoms with E-state index in [2.05, 4.69) is 5.16 Å². The summed E-state index contributed by atoms with van der Waals surface area (Å²) in [5, 5.41) is 8.70. The summed E-state index contributed by atoms with van der Waals surface area (Å²) >= 11 is 0. The van der Waals surface area contributed by atoms with Crippen LogP contribution in [0.25, 0.3) is 11.0 Å². The molecule has 0 aliphatic carbocycles. The minimum Gasteiger partial charge on any atom is -0.356 e. The Hall–Kier alpha value is -1.47. The van der Waals surface area contributed by atoms with Crippen molar-refractivity contribution < 1.29 is 17.3 Å². The van der Waals surface area contributed by atoms with Crippen LogP contribution in [0.15, 0.2) is 22.7 Å². The summed E-state index contributed by atoms with van der Waals surface area (Å²) in [7, 11) is -3.70. The van der Waals surface area contributed by atoms with E-state index in [9.17, 15) is 12.8 Å². The van der Waals surface area contributed by atoms with E-state index in [0.29, 0.717) is 11.0 Å². The van der Waals surface area contributed by atoms with E-state index in [0.717, 1.165) is 6.07 Å². The Labute approximate surface area is 84.7 Å². The number of nitrogens with two attached hydrogens (primary N) is 1. The molecule has 7 heteroatoms. The first-order chi connectivity index (χ1) is 6.96. The van der Waals surface area contributed by atoms with Crippen molar-refractivity contribution in [2.75, 3.05) is 0 Å². The normalized spacial score (nSPS) is 12.1. The van der Waals surface area contributed by atoms with Crippen molar-refractivity contribution in [3.63, 3.8) is 0 Å². The number of fused-ring (bicyclic) bond motifs is 1. The summed E-state index contributed by atoms with van der Waals surface area (Å²) in [4.78, 5) is 0. The molecule has 5 nitrogen and oxygen atoms in total. The Kier molecular flexibility index (Phi) is 2.20. The van der Waals surface area contributed by atoms with Crippen LogP contribution in [0.4, 0.5) is 4.39 Å². The number of aromatic nitrogens is 1. The Balaban J connectivity index is 2.57. The van der Waals surface area contributed by atoms with E-state index in [1.165, 1.54) is 12.1 Å².